The first-order valence-electron chi connectivity index (χ1n) is 9.18. The molecule has 0 fully saturated rings. The number of carbonyl (C=O) groups is 1. The molecule has 1 amide bonds. The van der Waals surface area contributed by atoms with Crippen molar-refractivity contribution in [2.45, 2.75) is 13.0 Å². The molecule has 1 aliphatic rings. The first-order chi connectivity index (χ1) is 14.5. The van der Waals surface area contributed by atoms with Crippen LogP contribution in [0.1, 0.15) is 18.5 Å². The highest BCUT2D eigenvalue weighted by Crippen LogP contribution is 2.36. The van der Waals surface area contributed by atoms with Crippen molar-refractivity contribution in [2.75, 3.05) is 24.9 Å². The fourth-order valence-corrected chi connectivity index (χ4v) is 3.44. The molecule has 0 radical (unpaired) electrons. The molecule has 2 heterocycles. The van der Waals surface area contributed by atoms with Crippen molar-refractivity contribution in [3.05, 3.63) is 71.4 Å². The number of benzene rings is 2. The molecule has 2 aromatic carbocycles. The summed E-state index contributed by atoms with van der Waals surface area (Å²) in [5, 5.41) is 10.3. The van der Waals surface area contributed by atoms with Crippen LogP contribution in [0, 0.1) is 5.82 Å². The zero-order chi connectivity index (χ0) is 21.3. The average Bonchev–Trinajstić information content (AvgIpc) is 3.21. The van der Waals surface area contributed by atoms with Crippen molar-refractivity contribution >= 4 is 17.5 Å². The van der Waals surface area contributed by atoms with Gasteiger partial charge in [0.15, 0.2) is 0 Å². The normalized spacial score (nSPS) is 15.3. The molecule has 0 saturated heterocycles. The molecular formula is C21H20FN5O3. The van der Waals surface area contributed by atoms with Crippen molar-refractivity contribution in [3.8, 4) is 11.5 Å². The van der Waals surface area contributed by atoms with Gasteiger partial charge in [-0.05, 0) is 36.8 Å². The fourth-order valence-electron chi connectivity index (χ4n) is 3.44. The highest BCUT2D eigenvalue weighted by molar-refractivity contribution is 6.06. The summed E-state index contributed by atoms with van der Waals surface area (Å²) in [6.07, 6.45) is 1.40. The predicted octanol–water partition coefficient (Wildman–Crippen LogP) is 3.36. The minimum atomic E-state index is -0.582. The summed E-state index contributed by atoms with van der Waals surface area (Å²) in [6.45, 7) is 1.78. The Kier molecular flexibility index (Phi) is 5.09. The summed E-state index contributed by atoms with van der Waals surface area (Å²) >= 11 is 0. The second-order valence-electron chi connectivity index (χ2n) is 6.67. The Morgan fingerprint density at radius 1 is 1.17 bits per heavy atom. The molecule has 1 atom stereocenters. The van der Waals surface area contributed by atoms with E-state index in [1.807, 2.05) is 0 Å². The van der Waals surface area contributed by atoms with Gasteiger partial charge in [-0.2, -0.15) is 10.1 Å². The van der Waals surface area contributed by atoms with Crippen LogP contribution in [0.2, 0.25) is 0 Å². The Morgan fingerprint density at radius 3 is 2.63 bits per heavy atom. The topological polar surface area (TPSA) is 90.3 Å². The lowest BCUT2D eigenvalue weighted by molar-refractivity contribution is -0.113. The average molecular weight is 409 g/mol. The number of rotatable bonds is 5. The molecule has 3 aromatic rings. The number of nitrogens with zero attached hydrogens (tertiary/aromatic N) is 3. The van der Waals surface area contributed by atoms with E-state index >= 15 is 0 Å². The number of anilines is 2. The van der Waals surface area contributed by atoms with Crippen LogP contribution in [-0.2, 0) is 4.79 Å². The minimum absolute atomic E-state index is 0.359. The number of nitrogens with one attached hydrogen (secondary N) is 2. The van der Waals surface area contributed by atoms with Crippen LogP contribution in [0.25, 0.3) is 0 Å². The van der Waals surface area contributed by atoms with E-state index in [-0.39, 0.29) is 11.7 Å². The van der Waals surface area contributed by atoms with Crippen LogP contribution in [-0.4, -0.2) is 34.9 Å². The third-order valence-corrected chi connectivity index (χ3v) is 4.88. The Bertz CT molecular complexity index is 1120. The maximum Gasteiger partial charge on any atom is 0.255 e. The number of ether oxygens (including phenoxy) is 2. The van der Waals surface area contributed by atoms with E-state index in [0.29, 0.717) is 40.0 Å². The van der Waals surface area contributed by atoms with E-state index in [9.17, 15) is 9.18 Å². The Labute approximate surface area is 172 Å². The van der Waals surface area contributed by atoms with E-state index in [2.05, 4.69) is 20.7 Å². The van der Waals surface area contributed by atoms with Gasteiger partial charge in [0.2, 0.25) is 5.95 Å². The number of carbonyl (C=O) groups excluding carboxylic acids is 1. The predicted molar refractivity (Wildman–Crippen MR) is 109 cm³/mol. The summed E-state index contributed by atoms with van der Waals surface area (Å²) in [7, 11) is 3.06. The second kappa shape index (κ2) is 7.86. The molecule has 0 bridgehead atoms. The molecule has 2 N–H and O–H groups in total. The molecule has 0 aliphatic carbocycles. The Morgan fingerprint density at radius 2 is 1.93 bits per heavy atom. The number of allylic oxidation sites excluding steroid dienone is 1. The van der Waals surface area contributed by atoms with Crippen LogP contribution in [0.15, 0.2) is 60.1 Å². The van der Waals surface area contributed by atoms with Gasteiger partial charge in [-0.1, -0.05) is 12.1 Å². The third-order valence-electron chi connectivity index (χ3n) is 4.88. The van der Waals surface area contributed by atoms with E-state index in [1.165, 1.54) is 25.6 Å². The summed E-state index contributed by atoms with van der Waals surface area (Å²) in [4.78, 5) is 17.6. The quantitative estimate of drug-likeness (QED) is 0.672. The van der Waals surface area contributed by atoms with Crippen molar-refractivity contribution < 1.29 is 18.7 Å². The number of hydrogen-bond acceptors (Lipinski definition) is 6. The van der Waals surface area contributed by atoms with Gasteiger partial charge in [0.05, 0.1) is 25.5 Å². The molecule has 0 spiro atoms. The lowest BCUT2D eigenvalue weighted by atomic mass is 9.95. The van der Waals surface area contributed by atoms with E-state index in [0.717, 1.165) is 0 Å². The highest BCUT2D eigenvalue weighted by atomic mass is 19.1. The van der Waals surface area contributed by atoms with Crippen LogP contribution < -0.4 is 20.1 Å². The molecule has 154 valence electrons. The van der Waals surface area contributed by atoms with Crippen LogP contribution >= 0.6 is 0 Å². The van der Waals surface area contributed by atoms with Gasteiger partial charge >= 0.3 is 0 Å². The number of halogens is 1. The first-order valence-corrected chi connectivity index (χ1v) is 9.18. The molecule has 30 heavy (non-hydrogen) atoms. The van der Waals surface area contributed by atoms with Crippen LogP contribution in [0.5, 0.6) is 11.5 Å². The van der Waals surface area contributed by atoms with Gasteiger partial charge in [0, 0.05) is 11.8 Å². The summed E-state index contributed by atoms with van der Waals surface area (Å²) in [5.41, 5.74) is 2.20. The van der Waals surface area contributed by atoms with E-state index in [4.69, 9.17) is 9.47 Å². The van der Waals surface area contributed by atoms with Gasteiger partial charge in [-0.15, -0.1) is 0 Å². The summed E-state index contributed by atoms with van der Waals surface area (Å²) in [5.74, 6) is 0.844. The molecular weight excluding hydrogens is 389 g/mol. The zero-order valence-corrected chi connectivity index (χ0v) is 16.6. The SMILES string of the molecule is COc1ccc(OC)c(NC(=O)C2=C(C)Nc3ncnn3[C@H]2c2ccc(F)cc2)c1. The number of hydrogen-bond donors (Lipinski definition) is 2. The lowest BCUT2D eigenvalue weighted by Gasteiger charge is -2.29. The molecule has 1 aromatic heterocycles. The summed E-state index contributed by atoms with van der Waals surface area (Å²) in [6, 6.07) is 10.5. The molecule has 9 heteroatoms. The maximum absolute atomic E-state index is 13.5. The second-order valence-corrected chi connectivity index (χ2v) is 6.67. The molecule has 1 aliphatic heterocycles. The monoisotopic (exact) mass is 409 g/mol. The standard InChI is InChI=1S/C21H20FN5O3/c1-12-18(20(28)26-16-10-15(29-2)8-9-17(16)30-3)19(13-4-6-14(22)7-5-13)27-21(25-12)23-11-24-27/h4-11,19H,1-3H3,(H,26,28)(H,23,24,25)/t19-/m0/s1. The van der Waals surface area contributed by atoms with Crippen LogP contribution in [0.4, 0.5) is 16.0 Å². The molecule has 0 saturated carbocycles. The van der Waals surface area contributed by atoms with Gasteiger partial charge in [0.1, 0.15) is 29.7 Å². The molecule has 4 rings (SSSR count). The summed E-state index contributed by atoms with van der Waals surface area (Å²) < 4.78 is 25.7. The lowest BCUT2D eigenvalue weighted by Crippen LogP contribution is -2.31. The first kappa shape index (κ1) is 19.4. The Balaban J connectivity index is 1.75. The minimum Gasteiger partial charge on any atom is -0.497 e. The smallest absolute Gasteiger partial charge is 0.255 e. The van der Waals surface area contributed by atoms with Crippen molar-refractivity contribution in [3.63, 3.8) is 0 Å². The number of methoxy groups -OCH3 is 2. The third kappa shape index (κ3) is 3.45. The highest BCUT2D eigenvalue weighted by Gasteiger charge is 2.33. The fraction of sp³-hybridized carbons (Fsp3) is 0.190. The molecule has 0 unspecified atom stereocenters. The van der Waals surface area contributed by atoms with Crippen molar-refractivity contribution in [1.29, 1.82) is 0 Å². The maximum atomic E-state index is 13.5. The number of amides is 1. The number of fused-ring (bicyclic) bond motifs is 1. The molecule has 8 nitrogen and oxygen atoms in total. The van der Waals surface area contributed by atoms with E-state index < -0.39 is 6.04 Å². The van der Waals surface area contributed by atoms with Gasteiger partial charge in [-0.25, -0.2) is 9.07 Å². The van der Waals surface area contributed by atoms with Gasteiger partial charge in [-0.3, -0.25) is 4.79 Å². The van der Waals surface area contributed by atoms with E-state index in [1.54, 1.807) is 49.0 Å². The Hall–Kier alpha value is -3.88. The zero-order valence-electron chi connectivity index (χ0n) is 16.6. The van der Waals surface area contributed by atoms with Crippen LogP contribution in [0.3, 0.4) is 0 Å². The van der Waals surface area contributed by atoms with Crippen molar-refractivity contribution in [2.24, 2.45) is 0 Å². The van der Waals surface area contributed by atoms with Gasteiger partial charge < -0.3 is 20.1 Å². The van der Waals surface area contributed by atoms with Crippen molar-refractivity contribution in [1.82, 2.24) is 14.8 Å². The van der Waals surface area contributed by atoms with Gasteiger partial charge in [0.25, 0.3) is 5.91 Å². The largest absolute Gasteiger partial charge is 0.497 e. The number of aromatic nitrogens is 3.